The minimum atomic E-state index is -0.705. The molecule has 0 radical (unpaired) electrons. The summed E-state index contributed by atoms with van der Waals surface area (Å²) in [5, 5.41) is 6.53. The Labute approximate surface area is 173 Å². The van der Waals surface area contributed by atoms with Gasteiger partial charge in [-0.3, -0.25) is 19.8 Å². The molecule has 1 aliphatic rings. The van der Waals surface area contributed by atoms with Crippen LogP contribution in [0.15, 0.2) is 72.6 Å². The summed E-state index contributed by atoms with van der Waals surface area (Å²) in [6, 6.07) is 16.7. The van der Waals surface area contributed by atoms with Crippen LogP contribution in [-0.4, -0.2) is 39.1 Å². The van der Waals surface area contributed by atoms with Gasteiger partial charge in [-0.15, -0.1) is 0 Å². The van der Waals surface area contributed by atoms with Gasteiger partial charge in [-0.2, -0.15) is 5.10 Å². The Kier molecular flexibility index (Phi) is 5.26. The quantitative estimate of drug-likeness (QED) is 0.527. The van der Waals surface area contributed by atoms with Gasteiger partial charge in [0.1, 0.15) is 5.57 Å². The fourth-order valence-electron chi connectivity index (χ4n) is 3.20. The molecule has 7 heteroatoms. The first-order valence-corrected chi connectivity index (χ1v) is 9.56. The van der Waals surface area contributed by atoms with Gasteiger partial charge in [-0.05, 0) is 37.1 Å². The Hall–Kier alpha value is -4.00. The lowest BCUT2D eigenvalue weighted by Crippen LogP contribution is -2.54. The van der Waals surface area contributed by atoms with Crippen LogP contribution in [0.3, 0.4) is 0 Å². The third-order valence-electron chi connectivity index (χ3n) is 4.86. The smallest absolute Gasteiger partial charge is 0.273 e. The van der Waals surface area contributed by atoms with Crippen molar-refractivity contribution in [3.63, 3.8) is 0 Å². The van der Waals surface area contributed by atoms with Crippen molar-refractivity contribution in [2.75, 3.05) is 6.54 Å². The first kappa shape index (κ1) is 19.3. The van der Waals surface area contributed by atoms with Gasteiger partial charge in [-0.1, -0.05) is 48.0 Å². The van der Waals surface area contributed by atoms with Crippen LogP contribution < -0.4 is 5.32 Å². The SMILES string of the molecule is Cc1ccc(-n2cc(/C=C3/C(=O)NC(=O)N(CCc4ccccc4)C3=O)cn2)cc1. The van der Waals surface area contributed by atoms with E-state index in [1.165, 1.54) is 6.08 Å². The summed E-state index contributed by atoms with van der Waals surface area (Å²) in [6.07, 6.45) is 5.26. The van der Waals surface area contributed by atoms with Crippen LogP contribution >= 0.6 is 0 Å². The van der Waals surface area contributed by atoms with Gasteiger partial charge in [0.2, 0.25) is 0 Å². The van der Waals surface area contributed by atoms with Crippen molar-refractivity contribution in [2.24, 2.45) is 0 Å². The molecule has 1 saturated heterocycles. The Morgan fingerprint density at radius 3 is 2.47 bits per heavy atom. The highest BCUT2D eigenvalue weighted by molar-refractivity contribution is 6.31. The molecule has 3 aromatic rings. The zero-order valence-electron chi connectivity index (χ0n) is 16.4. The number of carbonyl (C=O) groups is 3. The third-order valence-corrected chi connectivity index (χ3v) is 4.86. The molecule has 1 aliphatic heterocycles. The van der Waals surface area contributed by atoms with E-state index in [0.717, 1.165) is 21.7 Å². The van der Waals surface area contributed by atoms with Gasteiger partial charge in [0.15, 0.2) is 0 Å². The number of aromatic nitrogens is 2. The second kappa shape index (κ2) is 8.16. The maximum atomic E-state index is 12.8. The van der Waals surface area contributed by atoms with E-state index in [9.17, 15) is 14.4 Å². The van der Waals surface area contributed by atoms with Gasteiger partial charge in [-0.25, -0.2) is 9.48 Å². The number of aryl methyl sites for hydroxylation is 1. The predicted octanol–water partition coefficient (Wildman–Crippen LogP) is 2.89. The van der Waals surface area contributed by atoms with Crippen LogP contribution in [0.1, 0.15) is 16.7 Å². The number of barbiturate groups is 1. The lowest BCUT2D eigenvalue weighted by Gasteiger charge is -2.26. The van der Waals surface area contributed by atoms with E-state index in [1.807, 2.05) is 61.5 Å². The standard InChI is InChI=1S/C23H20N4O3/c1-16-7-9-19(10-8-16)27-15-18(14-24-27)13-20-21(28)25-23(30)26(22(20)29)12-11-17-5-3-2-4-6-17/h2-10,13-15H,11-12H2,1H3,(H,25,28,30)/b20-13-. The largest absolute Gasteiger partial charge is 0.331 e. The second-order valence-electron chi connectivity index (χ2n) is 7.06. The number of hydrogen-bond donors (Lipinski definition) is 1. The fraction of sp³-hybridized carbons (Fsp3) is 0.130. The van der Waals surface area contributed by atoms with Gasteiger partial charge in [0.05, 0.1) is 11.9 Å². The van der Waals surface area contributed by atoms with E-state index in [2.05, 4.69) is 10.4 Å². The molecule has 0 saturated carbocycles. The highest BCUT2D eigenvalue weighted by atomic mass is 16.2. The van der Waals surface area contributed by atoms with Crippen molar-refractivity contribution in [3.8, 4) is 5.69 Å². The summed E-state index contributed by atoms with van der Waals surface area (Å²) in [5.41, 5.74) is 3.50. The Morgan fingerprint density at radius 1 is 1.00 bits per heavy atom. The van der Waals surface area contributed by atoms with Gasteiger partial charge in [0, 0.05) is 18.3 Å². The first-order valence-electron chi connectivity index (χ1n) is 9.56. The van der Waals surface area contributed by atoms with Crippen molar-refractivity contribution >= 4 is 23.9 Å². The summed E-state index contributed by atoms with van der Waals surface area (Å²) < 4.78 is 1.66. The molecule has 30 heavy (non-hydrogen) atoms. The number of urea groups is 1. The average molecular weight is 400 g/mol. The van der Waals surface area contributed by atoms with Gasteiger partial charge in [0.25, 0.3) is 11.8 Å². The molecule has 1 aromatic heterocycles. The van der Waals surface area contributed by atoms with Crippen LogP contribution in [-0.2, 0) is 16.0 Å². The van der Waals surface area contributed by atoms with Crippen molar-refractivity contribution in [2.45, 2.75) is 13.3 Å². The van der Waals surface area contributed by atoms with Crippen LogP contribution in [0.4, 0.5) is 4.79 Å². The molecule has 0 spiro atoms. The highest BCUT2D eigenvalue weighted by Crippen LogP contribution is 2.16. The molecule has 0 atom stereocenters. The Balaban J connectivity index is 1.54. The lowest BCUT2D eigenvalue weighted by molar-refractivity contribution is -0.130. The maximum absolute atomic E-state index is 12.8. The van der Waals surface area contributed by atoms with E-state index >= 15 is 0 Å². The minimum Gasteiger partial charge on any atom is -0.273 e. The molecule has 4 amide bonds. The van der Waals surface area contributed by atoms with Crippen molar-refractivity contribution in [1.29, 1.82) is 0 Å². The van der Waals surface area contributed by atoms with E-state index < -0.39 is 17.8 Å². The summed E-state index contributed by atoms with van der Waals surface area (Å²) in [7, 11) is 0. The number of amides is 4. The molecule has 0 bridgehead atoms. The molecule has 0 aliphatic carbocycles. The Morgan fingerprint density at radius 2 is 1.73 bits per heavy atom. The number of nitrogens with one attached hydrogen (secondary N) is 1. The van der Waals surface area contributed by atoms with E-state index in [1.54, 1.807) is 17.1 Å². The average Bonchev–Trinajstić information content (AvgIpc) is 3.21. The summed E-state index contributed by atoms with van der Waals surface area (Å²) in [4.78, 5) is 38.4. The fourth-order valence-corrected chi connectivity index (χ4v) is 3.20. The molecular weight excluding hydrogens is 380 g/mol. The predicted molar refractivity (Wildman–Crippen MR) is 112 cm³/mol. The molecule has 2 aromatic carbocycles. The summed E-state index contributed by atoms with van der Waals surface area (Å²) >= 11 is 0. The second-order valence-corrected chi connectivity index (χ2v) is 7.06. The van der Waals surface area contributed by atoms with E-state index in [0.29, 0.717) is 12.0 Å². The maximum Gasteiger partial charge on any atom is 0.331 e. The van der Waals surface area contributed by atoms with Gasteiger partial charge < -0.3 is 0 Å². The molecule has 2 heterocycles. The lowest BCUT2D eigenvalue weighted by atomic mass is 10.1. The Bertz CT molecular complexity index is 1130. The van der Waals surface area contributed by atoms with Crippen LogP contribution in [0.25, 0.3) is 11.8 Å². The summed E-state index contributed by atoms with van der Waals surface area (Å²) in [6.45, 7) is 2.18. The minimum absolute atomic E-state index is 0.0916. The van der Waals surface area contributed by atoms with E-state index in [4.69, 9.17) is 0 Å². The van der Waals surface area contributed by atoms with Crippen molar-refractivity contribution < 1.29 is 14.4 Å². The zero-order chi connectivity index (χ0) is 21.1. The van der Waals surface area contributed by atoms with Crippen LogP contribution in [0.5, 0.6) is 0 Å². The molecule has 0 unspecified atom stereocenters. The number of rotatable bonds is 5. The number of benzene rings is 2. The topological polar surface area (TPSA) is 84.3 Å². The molecule has 1 fully saturated rings. The molecule has 4 rings (SSSR count). The highest BCUT2D eigenvalue weighted by Gasteiger charge is 2.35. The first-order chi connectivity index (χ1) is 14.5. The molecule has 150 valence electrons. The van der Waals surface area contributed by atoms with Crippen LogP contribution in [0, 0.1) is 6.92 Å². The number of nitrogens with zero attached hydrogens (tertiary/aromatic N) is 3. The monoisotopic (exact) mass is 400 g/mol. The normalized spacial score (nSPS) is 15.6. The van der Waals surface area contributed by atoms with E-state index in [-0.39, 0.29) is 12.1 Å². The van der Waals surface area contributed by atoms with Gasteiger partial charge >= 0.3 is 6.03 Å². The molecular formula is C23H20N4O3. The van der Waals surface area contributed by atoms with Crippen molar-refractivity contribution in [1.82, 2.24) is 20.0 Å². The summed E-state index contributed by atoms with van der Waals surface area (Å²) in [5.74, 6) is -1.31. The van der Waals surface area contributed by atoms with Crippen LogP contribution in [0.2, 0.25) is 0 Å². The third kappa shape index (κ3) is 4.05. The number of imide groups is 2. The zero-order valence-corrected chi connectivity index (χ0v) is 16.4. The number of hydrogen-bond acceptors (Lipinski definition) is 4. The number of carbonyl (C=O) groups excluding carboxylic acids is 3. The molecule has 7 nitrogen and oxygen atoms in total. The van der Waals surface area contributed by atoms with Crippen molar-refractivity contribution in [3.05, 3.63) is 89.3 Å². The molecule has 1 N–H and O–H groups in total.